The average molecular weight is 450 g/mol. The summed E-state index contributed by atoms with van der Waals surface area (Å²) in [6, 6.07) is 12.1. The predicted octanol–water partition coefficient (Wildman–Crippen LogP) is 3.79. The highest BCUT2D eigenvalue weighted by molar-refractivity contribution is 6.05. The van der Waals surface area contributed by atoms with Gasteiger partial charge in [0.15, 0.2) is 6.29 Å². The second-order valence-corrected chi connectivity index (χ2v) is 9.03. The van der Waals surface area contributed by atoms with Crippen LogP contribution < -0.4 is 10.1 Å². The molecule has 8 heteroatoms. The summed E-state index contributed by atoms with van der Waals surface area (Å²) >= 11 is 0. The molecule has 0 bridgehead atoms. The Labute approximate surface area is 191 Å². The van der Waals surface area contributed by atoms with Gasteiger partial charge in [-0.25, -0.2) is 4.79 Å². The van der Waals surface area contributed by atoms with Crippen molar-refractivity contribution in [3.63, 3.8) is 0 Å². The second kappa shape index (κ2) is 8.71. The maximum Gasteiger partial charge on any atom is 0.408 e. The van der Waals surface area contributed by atoms with Crippen molar-refractivity contribution >= 4 is 29.6 Å². The Bertz CT molecular complexity index is 1210. The van der Waals surface area contributed by atoms with E-state index < -0.39 is 23.8 Å². The summed E-state index contributed by atoms with van der Waals surface area (Å²) in [5, 5.41) is 14.2. The van der Waals surface area contributed by atoms with Crippen molar-refractivity contribution in [2.24, 2.45) is 0 Å². The van der Waals surface area contributed by atoms with Gasteiger partial charge in [0, 0.05) is 17.7 Å². The first-order valence-electron chi connectivity index (χ1n) is 10.7. The molecule has 3 aromatic rings. The maximum atomic E-state index is 12.2. The Hall–Kier alpha value is -3.65. The maximum absolute atomic E-state index is 12.2. The number of hydrogen-bond acceptors (Lipinski definition) is 6. The largest absolute Gasteiger partial charge is 0.488 e. The van der Waals surface area contributed by atoms with Gasteiger partial charge in [-0.1, -0.05) is 30.3 Å². The summed E-state index contributed by atoms with van der Waals surface area (Å²) in [5.74, 6) is 0.381. The lowest BCUT2D eigenvalue weighted by Crippen LogP contribution is -2.41. The lowest BCUT2D eigenvalue weighted by molar-refractivity contribution is 0.0436. The normalized spacial score (nSPS) is 17.5. The van der Waals surface area contributed by atoms with Gasteiger partial charge in [0.1, 0.15) is 30.3 Å². The Morgan fingerprint density at radius 1 is 1.18 bits per heavy atom. The summed E-state index contributed by atoms with van der Waals surface area (Å²) in [4.78, 5) is 36.0. The molecule has 1 aliphatic heterocycles. The zero-order chi connectivity index (χ0) is 23.8. The quantitative estimate of drug-likeness (QED) is 0.554. The molecule has 0 unspecified atom stereocenters. The van der Waals surface area contributed by atoms with Gasteiger partial charge in [0.25, 0.3) is 0 Å². The van der Waals surface area contributed by atoms with Crippen molar-refractivity contribution < 1.29 is 29.0 Å². The third-order valence-electron chi connectivity index (χ3n) is 5.46. The van der Waals surface area contributed by atoms with Crippen LogP contribution in [0.5, 0.6) is 5.75 Å². The van der Waals surface area contributed by atoms with Crippen LogP contribution in [-0.4, -0.2) is 40.0 Å². The summed E-state index contributed by atoms with van der Waals surface area (Å²) in [6.07, 6.45) is -0.415. The van der Waals surface area contributed by atoms with Crippen LogP contribution in [0.15, 0.2) is 42.5 Å². The van der Waals surface area contributed by atoms with E-state index in [0.717, 1.165) is 5.56 Å². The number of carbonyl (C=O) groups excluding carboxylic acids is 3. The van der Waals surface area contributed by atoms with E-state index in [0.29, 0.717) is 40.5 Å². The molecule has 2 aromatic carbocycles. The molecular formula is C25H26N2O6. The number of alkyl carbamates (subject to hydrolysis) is 1. The second-order valence-electron chi connectivity index (χ2n) is 9.03. The molecule has 172 valence electrons. The monoisotopic (exact) mass is 450 g/mol. The van der Waals surface area contributed by atoms with Crippen molar-refractivity contribution in [1.29, 1.82) is 0 Å². The van der Waals surface area contributed by atoms with Crippen molar-refractivity contribution in [1.82, 2.24) is 9.88 Å². The zero-order valence-corrected chi connectivity index (χ0v) is 18.7. The van der Waals surface area contributed by atoms with Crippen LogP contribution in [0.4, 0.5) is 4.79 Å². The van der Waals surface area contributed by atoms with Gasteiger partial charge < -0.3 is 24.5 Å². The number of amides is 1. The molecule has 0 radical (unpaired) electrons. The van der Waals surface area contributed by atoms with Gasteiger partial charge in [0.2, 0.25) is 0 Å². The van der Waals surface area contributed by atoms with Crippen LogP contribution >= 0.6 is 0 Å². The number of benzene rings is 2. The standard InChI is InChI=1S/C25H26N2O6/c1-25(2,3)33-24(31)26-18-11-27-19-9-16(12-28)10-20(32-14-15-7-5-4-6-8-15)21(19)17(13-29)22(27)23(18)30/h4-10,12-13,18,23,30H,11,14H2,1-3H3,(H,26,31)/t18-,23+/m0/s1. The summed E-state index contributed by atoms with van der Waals surface area (Å²) in [5.41, 5.74) is 1.84. The third kappa shape index (κ3) is 4.47. The molecule has 1 aliphatic rings. The van der Waals surface area contributed by atoms with Gasteiger partial charge in [-0.3, -0.25) is 9.59 Å². The molecule has 0 saturated heterocycles. The van der Waals surface area contributed by atoms with Crippen LogP contribution in [0.2, 0.25) is 0 Å². The van der Waals surface area contributed by atoms with E-state index in [1.165, 1.54) is 0 Å². The highest BCUT2D eigenvalue weighted by atomic mass is 16.6. The number of ether oxygens (including phenoxy) is 2. The number of aldehydes is 2. The van der Waals surface area contributed by atoms with E-state index in [-0.39, 0.29) is 18.7 Å². The van der Waals surface area contributed by atoms with Crippen molar-refractivity contribution in [2.75, 3.05) is 0 Å². The number of nitrogens with zero attached hydrogens (tertiary/aromatic N) is 1. The van der Waals surface area contributed by atoms with Gasteiger partial charge in [-0.05, 0) is 38.5 Å². The van der Waals surface area contributed by atoms with Crippen molar-refractivity contribution in [2.45, 2.75) is 51.7 Å². The smallest absolute Gasteiger partial charge is 0.408 e. The zero-order valence-electron chi connectivity index (χ0n) is 18.7. The van der Waals surface area contributed by atoms with Crippen LogP contribution in [0, 0.1) is 0 Å². The number of fused-ring (bicyclic) bond motifs is 3. The van der Waals surface area contributed by atoms with E-state index in [2.05, 4.69) is 5.32 Å². The Kier molecular flexibility index (Phi) is 5.95. The number of hydrogen-bond donors (Lipinski definition) is 2. The summed E-state index contributed by atoms with van der Waals surface area (Å²) in [7, 11) is 0. The van der Waals surface area contributed by atoms with Crippen molar-refractivity contribution in [3.8, 4) is 5.75 Å². The van der Waals surface area contributed by atoms with Gasteiger partial charge >= 0.3 is 6.09 Å². The molecular weight excluding hydrogens is 424 g/mol. The molecule has 2 N–H and O–H groups in total. The first kappa shape index (κ1) is 22.5. The minimum absolute atomic E-state index is 0.209. The fraction of sp³-hybridized carbons (Fsp3) is 0.320. The molecule has 1 amide bonds. The molecule has 2 atom stereocenters. The fourth-order valence-electron chi connectivity index (χ4n) is 4.13. The highest BCUT2D eigenvalue weighted by Gasteiger charge is 2.38. The molecule has 33 heavy (non-hydrogen) atoms. The first-order valence-corrected chi connectivity index (χ1v) is 10.7. The summed E-state index contributed by atoms with van der Waals surface area (Å²) in [6.45, 7) is 5.70. The number of aliphatic hydroxyl groups is 1. The van der Waals surface area contributed by atoms with E-state index in [9.17, 15) is 19.5 Å². The Balaban J connectivity index is 1.71. The van der Waals surface area contributed by atoms with E-state index in [1.807, 2.05) is 30.3 Å². The SMILES string of the molecule is CC(C)(C)OC(=O)N[C@H]1Cn2c(c(C=O)c3c(OCc4ccccc4)cc(C=O)cc32)[C@@H]1O. The highest BCUT2D eigenvalue weighted by Crippen LogP contribution is 2.41. The van der Waals surface area contributed by atoms with Crippen LogP contribution in [0.25, 0.3) is 10.9 Å². The number of carbonyl (C=O) groups is 3. The van der Waals surface area contributed by atoms with Crippen molar-refractivity contribution in [3.05, 3.63) is 64.8 Å². The summed E-state index contributed by atoms with van der Waals surface area (Å²) < 4.78 is 13.0. The lowest BCUT2D eigenvalue weighted by atomic mass is 10.0. The minimum Gasteiger partial charge on any atom is -0.488 e. The third-order valence-corrected chi connectivity index (χ3v) is 5.46. The first-order chi connectivity index (χ1) is 15.7. The molecule has 1 aromatic heterocycles. The van der Waals surface area contributed by atoms with Gasteiger partial charge in [-0.15, -0.1) is 0 Å². The Morgan fingerprint density at radius 3 is 2.55 bits per heavy atom. The fourth-order valence-corrected chi connectivity index (χ4v) is 4.13. The molecule has 0 fully saturated rings. The molecule has 0 saturated carbocycles. The van der Waals surface area contributed by atoms with E-state index in [4.69, 9.17) is 9.47 Å². The number of aliphatic hydroxyl groups excluding tert-OH is 1. The van der Waals surface area contributed by atoms with Gasteiger partial charge in [-0.2, -0.15) is 0 Å². The molecule has 0 aliphatic carbocycles. The Morgan fingerprint density at radius 2 is 1.91 bits per heavy atom. The molecule has 0 spiro atoms. The molecule has 8 nitrogen and oxygen atoms in total. The van der Waals surface area contributed by atoms with Crippen LogP contribution in [-0.2, 0) is 17.9 Å². The topological polar surface area (TPSA) is 107 Å². The predicted molar refractivity (Wildman–Crippen MR) is 122 cm³/mol. The van der Waals surface area contributed by atoms with E-state index >= 15 is 0 Å². The average Bonchev–Trinajstić information content (AvgIpc) is 3.25. The minimum atomic E-state index is -1.13. The van der Waals surface area contributed by atoms with Crippen LogP contribution in [0.1, 0.15) is 58.8 Å². The number of nitrogens with one attached hydrogen (secondary N) is 1. The van der Waals surface area contributed by atoms with Crippen LogP contribution in [0.3, 0.4) is 0 Å². The lowest BCUT2D eigenvalue weighted by Gasteiger charge is -2.23. The molecule has 4 rings (SSSR count). The number of aromatic nitrogens is 1. The number of rotatable bonds is 6. The molecule has 2 heterocycles. The van der Waals surface area contributed by atoms with Gasteiger partial charge in [0.05, 0.1) is 22.6 Å². The van der Waals surface area contributed by atoms with E-state index in [1.54, 1.807) is 37.5 Å².